The molecule has 0 bridgehead atoms. The molecule has 1 aromatic carbocycles. The molecule has 0 N–H and O–H groups in total. The SMILES string of the molecule is Cc1nc(C)c(C(=O)N(C)CCOc2ccc(Cl)cc2)s1. The summed E-state index contributed by atoms with van der Waals surface area (Å²) in [5.74, 6) is 0.725. The summed E-state index contributed by atoms with van der Waals surface area (Å²) in [5, 5.41) is 1.58. The van der Waals surface area contributed by atoms with Crippen molar-refractivity contribution in [2.24, 2.45) is 0 Å². The Hall–Kier alpha value is -1.59. The number of aryl methyl sites for hydroxylation is 2. The van der Waals surface area contributed by atoms with Gasteiger partial charge in [-0.2, -0.15) is 0 Å². The number of carbonyl (C=O) groups excluding carboxylic acids is 1. The molecule has 2 aromatic rings. The molecule has 2 rings (SSSR count). The van der Waals surface area contributed by atoms with Gasteiger partial charge in [0.15, 0.2) is 0 Å². The van der Waals surface area contributed by atoms with E-state index in [1.807, 2.05) is 13.8 Å². The second-order valence-corrected chi connectivity index (χ2v) is 6.32. The van der Waals surface area contributed by atoms with Crippen molar-refractivity contribution in [1.82, 2.24) is 9.88 Å². The lowest BCUT2D eigenvalue weighted by atomic mass is 10.3. The highest BCUT2D eigenvalue weighted by molar-refractivity contribution is 7.13. The number of halogens is 1. The highest BCUT2D eigenvalue weighted by Crippen LogP contribution is 2.19. The lowest BCUT2D eigenvalue weighted by molar-refractivity contribution is 0.0777. The first-order chi connectivity index (χ1) is 9.97. The van der Waals surface area contributed by atoms with E-state index in [2.05, 4.69) is 4.98 Å². The number of hydrogen-bond acceptors (Lipinski definition) is 4. The maximum atomic E-state index is 12.3. The molecule has 4 nitrogen and oxygen atoms in total. The van der Waals surface area contributed by atoms with Crippen LogP contribution in [0, 0.1) is 13.8 Å². The van der Waals surface area contributed by atoms with Gasteiger partial charge in [-0.15, -0.1) is 11.3 Å². The molecule has 0 saturated heterocycles. The Kier molecular flexibility index (Phi) is 5.20. The maximum Gasteiger partial charge on any atom is 0.265 e. The van der Waals surface area contributed by atoms with E-state index in [1.54, 1.807) is 36.2 Å². The van der Waals surface area contributed by atoms with Crippen LogP contribution < -0.4 is 4.74 Å². The van der Waals surface area contributed by atoms with Crippen molar-refractivity contribution in [3.8, 4) is 5.75 Å². The van der Waals surface area contributed by atoms with Gasteiger partial charge in [0, 0.05) is 12.1 Å². The van der Waals surface area contributed by atoms with Crippen LogP contribution in [-0.4, -0.2) is 36.0 Å². The fraction of sp³-hybridized carbons (Fsp3) is 0.333. The fourth-order valence-electron chi connectivity index (χ4n) is 1.84. The molecule has 112 valence electrons. The number of rotatable bonds is 5. The van der Waals surface area contributed by atoms with E-state index in [0.717, 1.165) is 16.5 Å². The minimum Gasteiger partial charge on any atom is -0.492 e. The predicted molar refractivity (Wildman–Crippen MR) is 85.5 cm³/mol. The van der Waals surface area contributed by atoms with Gasteiger partial charge in [-0.3, -0.25) is 4.79 Å². The average molecular weight is 325 g/mol. The van der Waals surface area contributed by atoms with E-state index in [1.165, 1.54) is 11.3 Å². The van der Waals surface area contributed by atoms with Crippen molar-refractivity contribution >= 4 is 28.8 Å². The van der Waals surface area contributed by atoms with E-state index < -0.39 is 0 Å². The Balaban J connectivity index is 1.87. The van der Waals surface area contributed by atoms with E-state index >= 15 is 0 Å². The number of thiazole rings is 1. The molecule has 1 heterocycles. The maximum absolute atomic E-state index is 12.3. The van der Waals surface area contributed by atoms with Gasteiger partial charge in [-0.25, -0.2) is 4.98 Å². The van der Waals surface area contributed by atoms with Gasteiger partial charge in [-0.1, -0.05) is 11.6 Å². The summed E-state index contributed by atoms with van der Waals surface area (Å²) in [6.45, 7) is 4.70. The molecule has 1 aromatic heterocycles. The second kappa shape index (κ2) is 6.91. The Bertz CT molecular complexity index is 625. The molecule has 0 aliphatic carbocycles. The van der Waals surface area contributed by atoms with Gasteiger partial charge in [-0.05, 0) is 38.1 Å². The number of amides is 1. The van der Waals surface area contributed by atoms with Crippen molar-refractivity contribution in [2.45, 2.75) is 13.8 Å². The lowest BCUT2D eigenvalue weighted by Gasteiger charge is -2.17. The van der Waals surface area contributed by atoms with E-state index in [4.69, 9.17) is 16.3 Å². The monoisotopic (exact) mass is 324 g/mol. The van der Waals surface area contributed by atoms with Crippen LogP contribution in [0.25, 0.3) is 0 Å². The summed E-state index contributed by atoms with van der Waals surface area (Å²) < 4.78 is 5.59. The van der Waals surface area contributed by atoms with Crippen molar-refractivity contribution < 1.29 is 9.53 Å². The number of hydrogen-bond donors (Lipinski definition) is 0. The van der Waals surface area contributed by atoms with Crippen LogP contribution in [0.5, 0.6) is 5.75 Å². The summed E-state index contributed by atoms with van der Waals surface area (Å²) in [6.07, 6.45) is 0. The predicted octanol–water partition coefficient (Wildman–Crippen LogP) is 3.56. The Morgan fingerprint density at radius 1 is 1.33 bits per heavy atom. The molecular weight excluding hydrogens is 308 g/mol. The third-order valence-electron chi connectivity index (χ3n) is 2.95. The van der Waals surface area contributed by atoms with E-state index in [9.17, 15) is 4.79 Å². The summed E-state index contributed by atoms with van der Waals surface area (Å²) in [4.78, 5) is 18.9. The summed E-state index contributed by atoms with van der Waals surface area (Å²) >= 11 is 7.23. The smallest absolute Gasteiger partial charge is 0.265 e. The zero-order chi connectivity index (χ0) is 15.4. The standard InChI is InChI=1S/C15H17ClN2O2S/c1-10-14(21-11(2)17-10)15(19)18(3)8-9-20-13-6-4-12(16)5-7-13/h4-7H,8-9H2,1-3H3. The normalized spacial score (nSPS) is 10.5. The minimum atomic E-state index is -0.0159. The zero-order valence-corrected chi connectivity index (χ0v) is 13.8. The van der Waals surface area contributed by atoms with Crippen molar-refractivity contribution in [1.29, 1.82) is 0 Å². The van der Waals surface area contributed by atoms with Crippen LogP contribution in [0.15, 0.2) is 24.3 Å². The number of aromatic nitrogens is 1. The summed E-state index contributed by atoms with van der Waals surface area (Å²) in [6, 6.07) is 7.16. The summed E-state index contributed by atoms with van der Waals surface area (Å²) in [7, 11) is 1.77. The van der Waals surface area contributed by atoms with Crippen LogP contribution in [0.1, 0.15) is 20.4 Å². The van der Waals surface area contributed by atoms with Crippen LogP contribution in [-0.2, 0) is 0 Å². The first-order valence-electron chi connectivity index (χ1n) is 6.55. The van der Waals surface area contributed by atoms with Crippen LogP contribution in [0.3, 0.4) is 0 Å². The largest absolute Gasteiger partial charge is 0.492 e. The molecule has 0 aliphatic rings. The quantitative estimate of drug-likeness (QED) is 0.844. The first kappa shape index (κ1) is 15.8. The lowest BCUT2D eigenvalue weighted by Crippen LogP contribution is -2.30. The molecular formula is C15H17ClN2O2S. The second-order valence-electron chi connectivity index (χ2n) is 4.68. The third kappa shape index (κ3) is 4.19. The van der Waals surface area contributed by atoms with E-state index in [-0.39, 0.29) is 5.91 Å². The number of ether oxygens (including phenoxy) is 1. The van der Waals surface area contributed by atoms with Crippen LogP contribution in [0.4, 0.5) is 0 Å². The molecule has 0 radical (unpaired) electrons. The van der Waals surface area contributed by atoms with Crippen LogP contribution in [0.2, 0.25) is 5.02 Å². The minimum absolute atomic E-state index is 0.0159. The van der Waals surface area contributed by atoms with Crippen molar-refractivity contribution in [3.05, 3.63) is 44.9 Å². The third-order valence-corrected chi connectivity index (χ3v) is 4.27. The van der Waals surface area contributed by atoms with Crippen LogP contribution >= 0.6 is 22.9 Å². The van der Waals surface area contributed by atoms with E-state index in [0.29, 0.717) is 23.1 Å². The van der Waals surface area contributed by atoms with Gasteiger partial charge in [0.05, 0.1) is 17.2 Å². The molecule has 0 spiro atoms. The topological polar surface area (TPSA) is 42.4 Å². The molecule has 0 unspecified atom stereocenters. The number of likely N-dealkylation sites (N-methyl/N-ethyl adjacent to an activating group) is 1. The van der Waals surface area contributed by atoms with Crippen molar-refractivity contribution in [3.63, 3.8) is 0 Å². The average Bonchev–Trinajstić information content (AvgIpc) is 2.79. The Morgan fingerprint density at radius 2 is 2.00 bits per heavy atom. The van der Waals surface area contributed by atoms with Gasteiger partial charge in [0.1, 0.15) is 17.2 Å². The number of benzene rings is 1. The molecule has 0 fully saturated rings. The fourth-order valence-corrected chi connectivity index (χ4v) is 2.88. The zero-order valence-electron chi connectivity index (χ0n) is 12.2. The summed E-state index contributed by atoms with van der Waals surface area (Å²) in [5.41, 5.74) is 0.785. The van der Waals surface area contributed by atoms with Gasteiger partial charge in [0.25, 0.3) is 5.91 Å². The number of nitrogens with zero attached hydrogens (tertiary/aromatic N) is 2. The van der Waals surface area contributed by atoms with Gasteiger partial charge < -0.3 is 9.64 Å². The molecule has 21 heavy (non-hydrogen) atoms. The molecule has 0 saturated carbocycles. The molecule has 0 atom stereocenters. The molecule has 0 aliphatic heterocycles. The Labute approximate surface area is 133 Å². The molecule has 1 amide bonds. The molecule has 6 heteroatoms. The highest BCUT2D eigenvalue weighted by atomic mass is 35.5. The highest BCUT2D eigenvalue weighted by Gasteiger charge is 2.17. The number of carbonyl (C=O) groups is 1. The Morgan fingerprint density at radius 3 is 2.57 bits per heavy atom. The van der Waals surface area contributed by atoms with Gasteiger partial charge in [0.2, 0.25) is 0 Å². The van der Waals surface area contributed by atoms with Gasteiger partial charge >= 0.3 is 0 Å². The first-order valence-corrected chi connectivity index (χ1v) is 7.74. The van der Waals surface area contributed by atoms with Crippen molar-refractivity contribution in [2.75, 3.05) is 20.2 Å².